The van der Waals surface area contributed by atoms with Crippen LogP contribution in [0.25, 0.3) is 6.08 Å². The quantitative estimate of drug-likeness (QED) is 0.302. The molecule has 0 saturated carbocycles. The van der Waals surface area contributed by atoms with Crippen LogP contribution in [0.4, 0.5) is 11.4 Å². The Bertz CT molecular complexity index is 940. The van der Waals surface area contributed by atoms with Gasteiger partial charge in [0, 0.05) is 17.8 Å². The summed E-state index contributed by atoms with van der Waals surface area (Å²) in [6, 6.07) is 10.7. The number of anilines is 1. The minimum atomic E-state index is -0.558. The van der Waals surface area contributed by atoms with E-state index >= 15 is 0 Å². The number of amides is 1. The summed E-state index contributed by atoms with van der Waals surface area (Å²) in [5, 5.41) is 16.3. The van der Waals surface area contributed by atoms with E-state index in [9.17, 15) is 14.9 Å². The Morgan fingerprint density at radius 1 is 1.25 bits per heavy atom. The van der Waals surface area contributed by atoms with E-state index in [-0.39, 0.29) is 15.8 Å². The molecule has 0 heterocycles. The highest BCUT2D eigenvalue weighted by atomic mass is 35.5. The summed E-state index contributed by atoms with van der Waals surface area (Å²) in [4.78, 5) is 22.4. The van der Waals surface area contributed by atoms with Crippen LogP contribution in [0.1, 0.15) is 36.5 Å². The summed E-state index contributed by atoms with van der Waals surface area (Å²) in [7, 11) is 0. The molecule has 0 atom stereocenters. The van der Waals surface area contributed by atoms with Crippen molar-refractivity contribution in [1.29, 1.82) is 0 Å². The second-order valence-electron chi connectivity index (χ2n) is 6.47. The van der Waals surface area contributed by atoms with Crippen LogP contribution >= 0.6 is 23.8 Å². The van der Waals surface area contributed by atoms with Gasteiger partial charge in [-0.3, -0.25) is 20.2 Å². The van der Waals surface area contributed by atoms with Gasteiger partial charge in [0.1, 0.15) is 5.02 Å². The predicted octanol–water partition coefficient (Wildman–Crippen LogP) is 5.21. The number of benzene rings is 2. The zero-order chi connectivity index (χ0) is 20.8. The first-order valence-electron chi connectivity index (χ1n) is 8.52. The van der Waals surface area contributed by atoms with Gasteiger partial charge >= 0.3 is 0 Å². The number of carbonyl (C=O) groups excluding carboxylic acids is 1. The molecule has 0 fully saturated rings. The van der Waals surface area contributed by atoms with Crippen molar-refractivity contribution in [2.45, 2.75) is 26.7 Å². The number of thiocarbonyl (C=S) groups is 1. The lowest BCUT2D eigenvalue weighted by Crippen LogP contribution is -2.33. The molecule has 2 aromatic rings. The van der Waals surface area contributed by atoms with Crippen LogP contribution in [0.15, 0.2) is 42.5 Å². The largest absolute Gasteiger partial charge is 0.332 e. The third-order valence-corrected chi connectivity index (χ3v) is 4.51. The number of nitrogens with one attached hydrogen (secondary N) is 2. The Hall–Kier alpha value is -2.77. The summed E-state index contributed by atoms with van der Waals surface area (Å²) in [6.45, 7) is 5.91. The molecule has 28 heavy (non-hydrogen) atoms. The van der Waals surface area contributed by atoms with E-state index in [2.05, 4.69) is 24.5 Å². The molecule has 0 bridgehead atoms. The monoisotopic (exact) mass is 417 g/mol. The first-order chi connectivity index (χ1) is 13.2. The maximum atomic E-state index is 12.0. The molecule has 1 amide bonds. The summed E-state index contributed by atoms with van der Waals surface area (Å²) in [6.07, 6.45) is 3.07. The minimum Gasteiger partial charge on any atom is -0.332 e. The van der Waals surface area contributed by atoms with Crippen LogP contribution in [-0.4, -0.2) is 15.9 Å². The Morgan fingerprint density at radius 3 is 2.46 bits per heavy atom. The van der Waals surface area contributed by atoms with Gasteiger partial charge < -0.3 is 5.32 Å². The zero-order valence-corrected chi connectivity index (χ0v) is 17.2. The van der Waals surface area contributed by atoms with Crippen molar-refractivity contribution in [2.24, 2.45) is 0 Å². The van der Waals surface area contributed by atoms with E-state index in [0.29, 0.717) is 17.2 Å². The number of aryl methyl sites for hydroxylation is 1. The number of rotatable bonds is 5. The van der Waals surface area contributed by atoms with Gasteiger partial charge in [0.05, 0.1) is 4.92 Å². The molecule has 2 N–H and O–H groups in total. The van der Waals surface area contributed by atoms with Crippen LogP contribution < -0.4 is 10.6 Å². The molecule has 0 spiro atoms. The Labute approximate surface area is 173 Å². The number of nitro groups is 1. The van der Waals surface area contributed by atoms with E-state index in [4.69, 9.17) is 23.8 Å². The van der Waals surface area contributed by atoms with Gasteiger partial charge in [0.2, 0.25) is 5.91 Å². The lowest BCUT2D eigenvalue weighted by molar-refractivity contribution is -0.384. The highest BCUT2D eigenvalue weighted by Crippen LogP contribution is 2.30. The van der Waals surface area contributed by atoms with Crippen LogP contribution in [0.5, 0.6) is 0 Å². The van der Waals surface area contributed by atoms with E-state index in [1.54, 1.807) is 13.0 Å². The topological polar surface area (TPSA) is 84.3 Å². The molecule has 2 rings (SSSR count). The predicted molar refractivity (Wildman–Crippen MR) is 117 cm³/mol. The first kappa shape index (κ1) is 21.5. The molecule has 8 heteroatoms. The number of hydrogen-bond donors (Lipinski definition) is 2. The molecule has 146 valence electrons. The summed E-state index contributed by atoms with van der Waals surface area (Å²) < 4.78 is 0. The van der Waals surface area contributed by atoms with Gasteiger partial charge in [0.15, 0.2) is 5.11 Å². The molecular formula is C20H20ClN3O3S. The first-order valence-corrected chi connectivity index (χ1v) is 9.30. The molecular weight excluding hydrogens is 398 g/mol. The van der Waals surface area contributed by atoms with Crippen LogP contribution in [0, 0.1) is 17.0 Å². The van der Waals surface area contributed by atoms with Crippen molar-refractivity contribution in [3.63, 3.8) is 0 Å². The van der Waals surface area contributed by atoms with Crippen LogP contribution in [-0.2, 0) is 4.79 Å². The molecule has 6 nitrogen and oxygen atoms in total. The maximum absolute atomic E-state index is 12.0. The SMILES string of the molecule is Cc1cc([N+](=O)[O-])c(Cl)cc1NC(=S)NC(=O)/C=C/c1ccc(C(C)C)cc1. The van der Waals surface area contributed by atoms with E-state index in [1.807, 2.05) is 24.3 Å². The van der Waals surface area contributed by atoms with Crippen molar-refractivity contribution in [1.82, 2.24) is 5.32 Å². The normalized spacial score (nSPS) is 10.9. The Balaban J connectivity index is 1.98. The highest BCUT2D eigenvalue weighted by molar-refractivity contribution is 7.80. The lowest BCUT2D eigenvalue weighted by atomic mass is 10.0. The fourth-order valence-corrected chi connectivity index (χ4v) is 2.86. The summed E-state index contributed by atoms with van der Waals surface area (Å²) in [5.41, 5.74) is 2.99. The van der Waals surface area contributed by atoms with Crippen molar-refractivity contribution >= 4 is 52.3 Å². The number of nitrogens with zero attached hydrogens (tertiary/aromatic N) is 1. The van der Waals surface area contributed by atoms with Crippen molar-refractivity contribution < 1.29 is 9.72 Å². The molecule has 0 radical (unpaired) electrons. The molecule has 0 saturated heterocycles. The molecule has 0 aliphatic carbocycles. The van der Waals surface area contributed by atoms with Gasteiger partial charge in [-0.2, -0.15) is 0 Å². The average molecular weight is 418 g/mol. The van der Waals surface area contributed by atoms with E-state index in [0.717, 1.165) is 5.56 Å². The number of carbonyl (C=O) groups is 1. The van der Waals surface area contributed by atoms with Gasteiger partial charge in [0.25, 0.3) is 5.69 Å². The molecule has 0 aliphatic rings. The second-order valence-corrected chi connectivity index (χ2v) is 7.29. The van der Waals surface area contributed by atoms with E-state index < -0.39 is 10.8 Å². The maximum Gasteiger partial charge on any atom is 0.288 e. The van der Waals surface area contributed by atoms with Gasteiger partial charge in [-0.25, -0.2) is 0 Å². The Kier molecular flexibility index (Phi) is 7.25. The average Bonchev–Trinajstić information content (AvgIpc) is 2.62. The van der Waals surface area contributed by atoms with Gasteiger partial charge in [-0.15, -0.1) is 0 Å². The van der Waals surface area contributed by atoms with Crippen molar-refractivity contribution in [2.75, 3.05) is 5.32 Å². The second kappa shape index (κ2) is 9.43. The van der Waals surface area contributed by atoms with Gasteiger partial charge in [-0.1, -0.05) is 49.7 Å². The summed E-state index contributed by atoms with van der Waals surface area (Å²) >= 11 is 11.0. The van der Waals surface area contributed by atoms with Gasteiger partial charge in [-0.05, 0) is 53.9 Å². The molecule has 0 aliphatic heterocycles. The summed E-state index contributed by atoms with van der Waals surface area (Å²) in [5.74, 6) is 0.0530. The van der Waals surface area contributed by atoms with E-state index in [1.165, 1.54) is 23.8 Å². The van der Waals surface area contributed by atoms with Crippen LogP contribution in [0.2, 0.25) is 5.02 Å². The third kappa shape index (κ3) is 5.87. The fraction of sp³-hybridized carbons (Fsp3) is 0.200. The smallest absolute Gasteiger partial charge is 0.288 e. The van der Waals surface area contributed by atoms with Crippen molar-refractivity contribution in [3.05, 3.63) is 74.3 Å². The lowest BCUT2D eigenvalue weighted by Gasteiger charge is -2.11. The Morgan fingerprint density at radius 2 is 1.89 bits per heavy atom. The fourth-order valence-electron chi connectivity index (χ4n) is 2.41. The minimum absolute atomic E-state index is 0.0167. The third-order valence-electron chi connectivity index (χ3n) is 4.01. The number of nitro benzene ring substituents is 1. The van der Waals surface area contributed by atoms with Crippen LogP contribution in [0.3, 0.4) is 0 Å². The molecule has 0 aromatic heterocycles. The zero-order valence-electron chi connectivity index (χ0n) is 15.7. The standard InChI is InChI=1S/C20H20ClN3O3S/c1-12(2)15-7-4-14(5-8-15)6-9-19(25)23-20(28)22-17-11-16(21)18(24(26)27)10-13(17)3/h4-12H,1-3H3,(H2,22,23,25,28)/b9-6+. The van der Waals surface area contributed by atoms with Crippen molar-refractivity contribution in [3.8, 4) is 0 Å². The highest BCUT2D eigenvalue weighted by Gasteiger charge is 2.15. The molecule has 2 aromatic carbocycles. The molecule has 0 unspecified atom stereocenters. The number of halogens is 1. The number of hydrogen-bond acceptors (Lipinski definition) is 4.